The molecule has 0 saturated carbocycles. The van der Waals surface area contributed by atoms with Crippen LogP contribution in [0.3, 0.4) is 0 Å². The fourth-order valence-corrected chi connectivity index (χ4v) is 0.967. The molecular weight excluding hydrogens is 199 g/mol. The van der Waals surface area contributed by atoms with Crippen LogP contribution in [-0.2, 0) is 4.79 Å². The summed E-state index contributed by atoms with van der Waals surface area (Å²) < 4.78 is 12.5. The number of carboxylic acid groups (broad SMARTS) is 1. The molecule has 0 amide bonds. The number of azo groups is 1. The van der Waals surface area contributed by atoms with Gasteiger partial charge in [-0.2, -0.15) is 10.2 Å². The number of benzene rings is 1. The van der Waals surface area contributed by atoms with Gasteiger partial charge in [0.25, 0.3) is 0 Å². The normalized spacial score (nSPS) is 12.9. The molecule has 15 heavy (non-hydrogen) atoms. The van der Waals surface area contributed by atoms with Crippen molar-refractivity contribution < 1.29 is 14.3 Å². The Labute approximate surface area is 86.5 Å². The molecule has 80 valence electrons. The number of hydrogen-bond acceptors (Lipinski definition) is 3. The Morgan fingerprint density at radius 1 is 1.47 bits per heavy atom. The summed E-state index contributed by atoms with van der Waals surface area (Å²) in [5, 5.41) is 16.0. The summed E-state index contributed by atoms with van der Waals surface area (Å²) >= 11 is 0. The Morgan fingerprint density at radius 2 is 2.07 bits per heavy atom. The fraction of sp³-hybridized carbons (Fsp3) is 0.300. The van der Waals surface area contributed by atoms with Gasteiger partial charge < -0.3 is 5.11 Å². The topological polar surface area (TPSA) is 62.0 Å². The lowest BCUT2D eigenvalue weighted by molar-refractivity contribution is -0.137. The molecule has 1 rings (SSSR count). The maximum absolute atomic E-state index is 12.5. The van der Waals surface area contributed by atoms with E-state index in [1.165, 1.54) is 24.3 Å². The smallest absolute Gasteiger partial charge is 0.305 e. The molecule has 0 aliphatic heterocycles. The van der Waals surface area contributed by atoms with Gasteiger partial charge in [0.05, 0.1) is 18.2 Å². The summed E-state index contributed by atoms with van der Waals surface area (Å²) in [5.74, 6) is -1.26. The van der Waals surface area contributed by atoms with Crippen LogP contribution in [0.25, 0.3) is 0 Å². The lowest BCUT2D eigenvalue weighted by atomic mass is 10.2. The van der Waals surface area contributed by atoms with Gasteiger partial charge in [-0.3, -0.25) is 4.79 Å². The summed E-state index contributed by atoms with van der Waals surface area (Å²) in [4.78, 5) is 10.3. The van der Waals surface area contributed by atoms with Crippen molar-refractivity contribution in [2.75, 3.05) is 0 Å². The average molecular weight is 210 g/mol. The Bertz CT molecular complexity index is 362. The number of halogens is 1. The highest BCUT2D eigenvalue weighted by atomic mass is 19.1. The van der Waals surface area contributed by atoms with E-state index in [2.05, 4.69) is 10.2 Å². The molecular formula is C10H11FN2O2. The van der Waals surface area contributed by atoms with Gasteiger partial charge in [0.2, 0.25) is 0 Å². The molecule has 1 aromatic carbocycles. The van der Waals surface area contributed by atoms with E-state index in [1.54, 1.807) is 6.92 Å². The molecule has 0 aliphatic carbocycles. The Balaban J connectivity index is 2.57. The van der Waals surface area contributed by atoms with E-state index in [4.69, 9.17) is 5.11 Å². The van der Waals surface area contributed by atoms with Crippen LogP contribution in [0.15, 0.2) is 34.5 Å². The van der Waals surface area contributed by atoms with Crippen molar-refractivity contribution in [1.82, 2.24) is 0 Å². The third kappa shape index (κ3) is 4.30. The minimum absolute atomic E-state index is 0.0648. The third-order valence-corrected chi connectivity index (χ3v) is 1.67. The number of carbonyl (C=O) groups is 1. The first-order valence-electron chi connectivity index (χ1n) is 4.46. The van der Waals surface area contributed by atoms with Gasteiger partial charge in [0.15, 0.2) is 0 Å². The van der Waals surface area contributed by atoms with Crippen molar-refractivity contribution in [1.29, 1.82) is 0 Å². The maximum atomic E-state index is 12.5. The zero-order valence-corrected chi connectivity index (χ0v) is 8.22. The number of nitrogens with zero attached hydrogens (tertiary/aromatic N) is 2. The van der Waals surface area contributed by atoms with Crippen LogP contribution in [0.1, 0.15) is 13.3 Å². The Hall–Kier alpha value is -1.78. The predicted molar refractivity (Wildman–Crippen MR) is 52.6 cm³/mol. The van der Waals surface area contributed by atoms with E-state index in [1.807, 2.05) is 0 Å². The van der Waals surface area contributed by atoms with Gasteiger partial charge in [-0.15, -0.1) is 0 Å². The van der Waals surface area contributed by atoms with Crippen LogP contribution in [0.2, 0.25) is 0 Å². The van der Waals surface area contributed by atoms with Crippen molar-refractivity contribution in [3.8, 4) is 0 Å². The third-order valence-electron chi connectivity index (χ3n) is 1.67. The largest absolute Gasteiger partial charge is 0.481 e. The van der Waals surface area contributed by atoms with Gasteiger partial charge in [-0.05, 0) is 31.2 Å². The molecule has 0 saturated heterocycles. The zero-order valence-electron chi connectivity index (χ0n) is 8.22. The minimum atomic E-state index is -0.916. The number of carboxylic acids is 1. The zero-order chi connectivity index (χ0) is 11.3. The molecule has 0 spiro atoms. The van der Waals surface area contributed by atoms with Gasteiger partial charge in [0.1, 0.15) is 5.82 Å². The number of hydrogen-bond donors (Lipinski definition) is 1. The first-order chi connectivity index (χ1) is 7.08. The van der Waals surface area contributed by atoms with Crippen molar-refractivity contribution >= 4 is 11.7 Å². The minimum Gasteiger partial charge on any atom is -0.481 e. The van der Waals surface area contributed by atoms with Gasteiger partial charge >= 0.3 is 5.97 Å². The van der Waals surface area contributed by atoms with Crippen LogP contribution in [0.5, 0.6) is 0 Å². The predicted octanol–water partition coefficient (Wildman–Crippen LogP) is 2.77. The first-order valence-corrected chi connectivity index (χ1v) is 4.46. The molecule has 1 N–H and O–H groups in total. The van der Waals surface area contributed by atoms with Gasteiger partial charge in [0, 0.05) is 0 Å². The second kappa shape index (κ2) is 5.19. The maximum Gasteiger partial charge on any atom is 0.305 e. The quantitative estimate of drug-likeness (QED) is 0.776. The molecule has 0 radical (unpaired) electrons. The van der Waals surface area contributed by atoms with Crippen molar-refractivity contribution in [3.05, 3.63) is 30.1 Å². The van der Waals surface area contributed by atoms with E-state index >= 15 is 0 Å². The molecule has 1 unspecified atom stereocenters. The Kier molecular flexibility index (Phi) is 3.91. The summed E-state index contributed by atoms with van der Waals surface area (Å²) in [6, 6.07) is 5.12. The lowest BCUT2D eigenvalue weighted by Crippen LogP contribution is -2.05. The number of rotatable bonds is 4. The van der Waals surface area contributed by atoms with E-state index in [-0.39, 0.29) is 18.3 Å². The first kappa shape index (κ1) is 11.3. The SMILES string of the molecule is CC(CC(=O)O)N=Nc1ccc(F)cc1. The second-order valence-electron chi connectivity index (χ2n) is 3.14. The van der Waals surface area contributed by atoms with E-state index in [0.29, 0.717) is 5.69 Å². The standard InChI is InChI=1S/C10H11FN2O2/c1-7(6-10(14)15)12-13-9-4-2-8(11)3-5-9/h2-5,7H,6H2,1H3,(H,14,15). The molecule has 1 atom stereocenters. The highest BCUT2D eigenvalue weighted by Gasteiger charge is 2.04. The summed E-state index contributed by atoms with van der Waals surface area (Å²) in [7, 11) is 0. The fourth-order valence-electron chi connectivity index (χ4n) is 0.967. The second-order valence-corrected chi connectivity index (χ2v) is 3.14. The summed E-state index contributed by atoms with van der Waals surface area (Å²) in [6.45, 7) is 1.65. The van der Waals surface area contributed by atoms with Crippen LogP contribution in [-0.4, -0.2) is 17.1 Å². The van der Waals surface area contributed by atoms with Crippen LogP contribution in [0.4, 0.5) is 10.1 Å². The van der Waals surface area contributed by atoms with Crippen molar-refractivity contribution in [3.63, 3.8) is 0 Å². The van der Waals surface area contributed by atoms with E-state index < -0.39 is 5.97 Å². The molecule has 0 fully saturated rings. The average Bonchev–Trinajstić information content (AvgIpc) is 2.16. The van der Waals surface area contributed by atoms with Crippen LogP contribution in [0, 0.1) is 5.82 Å². The van der Waals surface area contributed by atoms with Crippen LogP contribution >= 0.6 is 0 Å². The van der Waals surface area contributed by atoms with Crippen molar-refractivity contribution in [2.24, 2.45) is 10.2 Å². The van der Waals surface area contributed by atoms with E-state index in [9.17, 15) is 9.18 Å². The molecule has 0 heterocycles. The van der Waals surface area contributed by atoms with Crippen LogP contribution < -0.4 is 0 Å². The van der Waals surface area contributed by atoms with Crippen molar-refractivity contribution in [2.45, 2.75) is 19.4 Å². The summed E-state index contributed by atoms with van der Waals surface area (Å²) in [6.07, 6.45) is -0.0648. The lowest BCUT2D eigenvalue weighted by Gasteiger charge is -1.99. The highest BCUT2D eigenvalue weighted by molar-refractivity contribution is 5.67. The molecule has 5 heteroatoms. The molecule has 0 bridgehead atoms. The van der Waals surface area contributed by atoms with Gasteiger partial charge in [-0.1, -0.05) is 0 Å². The molecule has 1 aromatic rings. The Morgan fingerprint density at radius 3 is 2.60 bits per heavy atom. The molecule has 0 aromatic heterocycles. The monoisotopic (exact) mass is 210 g/mol. The van der Waals surface area contributed by atoms with E-state index in [0.717, 1.165) is 0 Å². The number of aliphatic carboxylic acids is 1. The van der Waals surface area contributed by atoms with Gasteiger partial charge in [-0.25, -0.2) is 4.39 Å². The highest BCUT2D eigenvalue weighted by Crippen LogP contribution is 2.13. The molecule has 4 nitrogen and oxygen atoms in total. The summed E-state index contributed by atoms with van der Waals surface area (Å²) in [5.41, 5.74) is 0.508. The molecule has 0 aliphatic rings.